The van der Waals surface area contributed by atoms with Crippen molar-refractivity contribution in [2.24, 2.45) is 23.2 Å². The Morgan fingerprint density at radius 2 is 1.81 bits per heavy atom. The van der Waals surface area contributed by atoms with E-state index in [1.54, 1.807) is 0 Å². The van der Waals surface area contributed by atoms with Crippen LogP contribution in [-0.2, 0) is 14.3 Å². The van der Waals surface area contributed by atoms with Crippen LogP contribution >= 0.6 is 0 Å². The molecule has 0 amide bonds. The maximum absolute atomic E-state index is 12.7. The summed E-state index contributed by atoms with van der Waals surface area (Å²) in [6.45, 7) is 5.78. The maximum atomic E-state index is 12.7. The van der Waals surface area contributed by atoms with Gasteiger partial charge in [-0.1, -0.05) is 39.5 Å². The molecule has 0 aromatic heterocycles. The lowest BCUT2D eigenvalue weighted by molar-refractivity contribution is -0.247. The zero-order chi connectivity index (χ0) is 15.3. The van der Waals surface area contributed by atoms with Crippen LogP contribution in [0.1, 0.15) is 72.1 Å². The third kappa shape index (κ3) is 2.43. The Labute approximate surface area is 127 Å². The molecule has 0 radical (unpaired) electrons. The Bertz CT molecular complexity index is 453. The van der Waals surface area contributed by atoms with Crippen LogP contribution in [0.4, 0.5) is 0 Å². The second kappa shape index (κ2) is 5.10. The second-order valence-electron chi connectivity index (χ2n) is 8.27. The van der Waals surface area contributed by atoms with E-state index in [1.165, 1.54) is 32.6 Å². The van der Waals surface area contributed by atoms with Crippen molar-refractivity contribution in [3.63, 3.8) is 0 Å². The van der Waals surface area contributed by atoms with E-state index in [9.17, 15) is 9.59 Å². The molecule has 3 nitrogen and oxygen atoms in total. The normalized spacial score (nSPS) is 41.9. The third-order valence-electron chi connectivity index (χ3n) is 5.99. The Balaban J connectivity index is 1.94. The van der Waals surface area contributed by atoms with Crippen molar-refractivity contribution >= 4 is 11.8 Å². The first-order valence-electron chi connectivity index (χ1n) is 8.58. The van der Waals surface area contributed by atoms with Crippen molar-refractivity contribution in [1.29, 1.82) is 0 Å². The van der Waals surface area contributed by atoms with Crippen LogP contribution in [0, 0.1) is 23.2 Å². The minimum absolute atomic E-state index is 0.0162. The van der Waals surface area contributed by atoms with E-state index in [-0.39, 0.29) is 17.3 Å². The smallest absolute Gasteiger partial charge is 0.303 e. The molecule has 3 fully saturated rings. The number of ether oxygens (including phenoxy) is 1. The molecule has 118 valence electrons. The fourth-order valence-electron chi connectivity index (χ4n) is 5.58. The van der Waals surface area contributed by atoms with Gasteiger partial charge in [0.25, 0.3) is 0 Å². The number of carbonyl (C=O) groups excluding carboxylic acids is 2. The van der Waals surface area contributed by atoms with Crippen LogP contribution < -0.4 is 0 Å². The van der Waals surface area contributed by atoms with Crippen molar-refractivity contribution in [3.05, 3.63) is 0 Å². The lowest BCUT2D eigenvalue weighted by Crippen LogP contribution is -2.70. The zero-order valence-electron chi connectivity index (χ0n) is 13.6. The molecule has 0 aliphatic heterocycles. The first-order chi connectivity index (χ1) is 9.86. The first-order valence-corrected chi connectivity index (χ1v) is 8.58. The van der Waals surface area contributed by atoms with E-state index in [0.717, 1.165) is 19.3 Å². The van der Waals surface area contributed by atoms with E-state index in [0.29, 0.717) is 24.0 Å². The second-order valence-corrected chi connectivity index (χ2v) is 8.27. The van der Waals surface area contributed by atoms with Crippen LogP contribution in [0.25, 0.3) is 0 Å². The molecular weight excluding hydrogens is 264 g/mol. The standard InChI is InChI=1S/C18H28O3/c1-12(19)21-18-11-17(2,3)10-15(20)16(18)13-8-6-4-5-7-9-14(13)18/h13-14,16H,4-11H2,1-3H3/t13?,14?,16-,18-/m1/s1. The van der Waals surface area contributed by atoms with Crippen LogP contribution in [-0.4, -0.2) is 17.4 Å². The van der Waals surface area contributed by atoms with E-state index in [4.69, 9.17) is 4.74 Å². The molecule has 3 aliphatic rings. The topological polar surface area (TPSA) is 43.4 Å². The third-order valence-corrected chi connectivity index (χ3v) is 5.99. The number of rotatable bonds is 1. The van der Waals surface area contributed by atoms with Gasteiger partial charge in [-0.3, -0.25) is 9.59 Å². The van der Waals surface area contributed by atoms with Gasteiger partial charge in [0.05, 0.1) is 5.92 Å². The van der Waals surface area contributed by atoms with Gasteiger partial charge in [0.1, 0.15) is 11.4 Å². The molecular formula is C18H28O3. The molecule has 4 atom stereocenters. The van der Waals surface area contributed by atoms with Crippen molar-refractivity contribution in [2.75, 3.05) is 0 Å². The highest BCUT2D eigenvalue weighted by Crippen LogP contribution is 2.64. The fourth-order valence-corrected chi connectivity index (χ4v) is 5.58. The summed E-state index contributed by atoms with van der Waals surface area (Å²) in [6, 6.07) is 0. The van der Waals surface area contributed by atoms with E-state index < -0.39 is 5.60 Å². The summed E-state index contributed by atoms with van der Waals surface area (Å²) in [5.74, 6) is 0.987. The van der Waals surface area contributed by atoms with E-state index in [1.807, 2.05) is 0 Å². The average Bonchev–Trinajstić information content (AvgIpc) is 2.28. The SMILES string of the molecule is CC(=O)O[C@@]12CC(C)(C)CC(=O)[C@H]1C1CCCCCCC12. The summed E-state index contributed by atoms with van der Waals surface area (Å²) in [5.41, 5.74) is -0.525. The predicted octanol–water partition coefficient (Wildman–Crippen LogP) is 3.89. The van der Waals surface area contributed by atoms with Crippen LogP contribution in [0.2, 0.25) is 0 Å². The van der Waals surface area contributed by atoms with Gasteiger partial charge in [0.2, 0.25) is 0 Å². The van der Waals surface area contributed by atoms with Gasteiger partial charge in [-0.15, -0.1) is 0 Å². The average molecular weight is 292 g/mol. The lowest BCUT2D eigenvalue weighted by atomic mass is 9.43. The molecule has 0 spiro atoms. The number of ketones is 1. The summed E-state index contributed by atoms with van der Waals surface area (Å²) in [5, 5.41) is 0. The lowest BCUT2D eigenvalue weighted by Gasteiger charge is -2.64. The summed E-state index contributed by atoms with van der Waals surface area (Å²) < 4.78 is 5.89. The van der Waals surface area contributed by atoms with Gasteiger partial charge in [0.15, 0.2) is 0 Å². The van der Waals surface area contributed by atoms with Crippen molar-refractivity contribution in [2.45, 2.75) is 77.7 Å². The number of Topliss-reactive ketones (excluding diaryl/α,β-unsaturated/α-hetero) is 1. The van der Waals surface area contributed by atoms with Gasteiger partial charge in [-0.05, 0) is 30.6 Å². The molecule has 0 aromatic rings. The van der Waals surface area contributed by atoms with E-state index in [2.05, 4.69) is 13.8 Å². The highest BCUT2D eigenvalue weighted by molar-refractivity contribution is 5.86. The van der Waals surface area contributed by atoms with Gasteiger partial charge in [-0.25, -0.2) is 0 Å². The molecule has 0 heterocycles. The molecule has 0 saturated heterocycles. The Morgan fingerprint density at radius 3 is 2.48 bits per heavy atom. The van der Waals surface area contributed by atoms with Gasteiger partial charge >= 0.3 is 5.97 Å². The monoisotopic (exact) mass is 292 g/mol. The minimum atomic E-state index is -0.479. The van der Waals surface area contributed by atoms with Crippen molar-refractivity contribution < 1.29 is 14.3 Å². The van der Waals surface area contributed by atoms with Gasteiger partial charge in [0, 0.05) is 19.3 Å². The molecule has 2 unspecified atom stereocenters. The molecule has 3 saturated carbocycles. The molecule has 3 rings (SSSR count). The maximum Gasteiger partial charge on any atom is 0.303 e. The molecule has 3 aliphatic carbocycles. The summed E-state index contributed by atoms with van der Waals surface area (Å²) in [7, 11) is 0. The number of esters is 1. The Kier molecular flexibility index (Phi) is 3.66. The zero-order valence-corrected chi connectivity index (χ0v) is 13.6. The highest BCUT2D eigenvalue weighted by Gasteiger charge is 2.69. The predicted molar refractivity (Wildman–Crippen MR) is 80.7 cm³/mol. The summed E-state index contributed by atoms with van der Waals surface area (Å²) in [6.07, 6.45) is 8.77. The van der Waals surface area contributed by atoms with Crippen molar-refractivity contribution in [1.82, 2.24) is 0 Å². The highest BCUT2D eigenvalue weighted by atomic mass is 16.6. The number of carbonyl (C=O) groups is 2. The largest absolute Gasteiger partial charge is 0.458 e. The minimum Gasteiger partial charge on any atom is -0.458 e. The number of hydrogen-bond donors (Lipinski definition) is 0. The first kappa shape index (κ1) is 15.1. The molecule has 3 heteroatoms. The molecule has 0 N–H and O–H groups in total. The van der Waals surface area contributed by atoms with Crippen LogP contribution in [0.3, 0.4) is 0 Å². The van der Waals surface area contributed by atoms with Gasteiger partial charge < -0.3 is 4.74 Å². The Hall–Kier alpha value is -0.860. The van der Waals surface area contributed by atoms with Crippen molar-refractivity contribution in [3.8, 4) is 0 Å². The van der Waals surface area contributed by atoms with Gasteiger partial charge in [-0.2, -0.15) is 0 Å². The van der Waals surface area contributed by atoms with E-state index >= 15 is 0 Å². The molecule has 0 aromatic carbocycles. The summed E-state index contributed by atoms with van der Waals surface area (Å²) >= 11 is 0. The quantitative estimate of drug-likeness (QED) is 0.689. The molecule has 21 heavy (non-hydrogen) atoms. The van der Waals surface area contributed by atoms with Crippen LogP contribution in [0.5, 0.6) is 0 Å². The molecule has 0 bridgehead atoms. The number of fused-ring (bicyclic) bond motifs is 4. The van der Waals surface area contributed by atoms with Crippen LogP contribution in [0.15, 0.2) is 0 Å². The number of hydrogen-bond acceptors (Lipinski definition) is 3. The Morgan fingerprint density at radius 1 is 1.14 bits per heavy atom. The summed E-state index contributed by atoms with van der Waals surface area (Å²) in [4.78, 5) is 24.4. The fraction of sp³-hybridized carbons (Fsp3) is 0.889.